The molecule has 2 rings (SSSR count). The molecule has 0 saturated heterocycles. The van der Waals surface area contributed by atoms with Gasteiger partial charge in [-0.1, -0.05) is 23.9 Å². The van der Waals surface area contributed by atoms with E-state index < -0.39 is 0 Å². The van der Waals surface area contributed by atoms with Gasteiger partial charge in [0.15, 0.2) is 0 Å². The molecular formula is C13H13N3OS. The zero-order valence-corrected chi connectivity index (χ0v) is 10.7. The van der Waals surface area contributed by atoms with Gasteiger partial charge >= 0.3 is 0 Å². The van der Waals surface area contributed by atoms with Gasteiger partial charge in [0, 0.05) is 11.8 Å². The molecule has 5 heteroatoms. The second kappa shape index (κ2) is 5.55. The first kappa shape index (κ1) is 12.4. The molecule has 4 nitrogen and oxygen atoms in total. The highest BCUT2D eigenvalue weighted by Gasteiger charge is 2.06. The van der Waals surface area contributed by atoms with Crippen molar-refractivity contribution in [3.05, 3.63) is 48.2 Å². The number of nitrogen functional groups attached to an aromatic ring is 1. The predicted octanol–water partition coefficient (Wildman–Crippen LogP) is 2.53. The molecule has 0 aliphatic rings. The van der Waals surface area contributed by atoms with E-state index in [1.54, 1.807) is 25.4 Å². The van der Waals surface area contributed by atoms with Crippen LogP contribution in [0.25, 0.3) is 0 Å². The summed E-state index contributed by atoms with van der Waals surface area (Å²) in [7, 11) is 1.64. The first-order chi connectivity index (χ1) is 8.70. The second-order valence-corrected chi connectivity index (χ2v) is 4.61. The smallest absolute Gasteiger partial charge is 0.132 e. The van der Waals surface area contributed by atoms with Crippen LogP contribution in [0.3, 0.4) is 0 Å². The molecular weight excluding hydrogens is 246 g/mol. The van der Waals surface area contributed by atoms with Gasteiger partial charge in [-0.25, -0.2) is 4.98 Å². The number of nitrogens with two attached hydrogens (primary N) is 1. The molecule has 0 unspecified atom stereocenters. The maximum absolute atomic E-state index is 7.41. The lowest BCUT2D eigenvalue weighted by atomic mass is 10.2. The van der Waals surface area contributed by atoms with Crippen molar-refractivity contribution in [2.45, 2.75) is 9.92 Å². The first-order valence-electron chi connectivity index (χ1n) is 5.32. The van der Waals surface area contributed by atoms with Crippen molar-refractivity contribution < 1.29 is 4.74 Å². The van der Waals surface area contributed by atoms with Crippen molar-refractivity contribution in [3.63, 3.8) is 0 Å². The van der Waals surface area contributed by atoms with Crippen molar-refractivity contribution in [1.82, 2.24) is 4.98 Å². The molecule has 1 aromatic carbocycles. The Bertz CT molecular complexity index is 572. The minimum absolute atomic E-state index is 0.0410. The predicted molar refractivity (Wildman–Crippen MR) is 72.4 cm³/mol. The average molecular weight is 259 g/mol. The first-order valence-corrected chi connectivity index (χ1v) is 6.13. The van der Waals surface area contributed by atoms with Crippen LogP contribution in [0.2, 0.25) is 0 Å². The van der Waals surface area contributed by atoms with Gasteiger partial charge in [-0.3, -0.25) is 5.41 Å². The summed E-state index contributed by atoms with van der Waals surface area (Å²) in [5.74, 6) is 0.844. The van der Waals surface area contributed by atoms with Crippen molar-refractivity contribution in [3.8, 4) is 5.75 Å². The third-order valence-electron chi connectivity index (χ3n) is 2.33. The molecule has 0 aliphatic heterocycles. The molecule has 0 fully saturated rings. The largest absolute Gasteiger partial charge is 0.496 e. The monoisotopic (exact) mass is 259 g/mol. The number of hydrogen-bond donors (Lipinski definition) is 2. The molecule has 0 atom stereocenters. The van der Waals surface area contributed by atoms with Gasteiger partial charge < -0.3 is 10.5 Å². The van der Waals surface area contributed by atoms with Crippen LogP contribution < -0.4 is 10.5 Å². The van der Waals surface area contributed by atoms with Crippen LogP contribution in [0.4, 0.5) is 0 Å². The Morgan fingerprint density at radius 1 is 1.33 bits per heavy atom. The highest BCUT2D eigenvalue weighted by molar-refractivity contribution is 7.99. The molecule has 0 aliphatic carbocycles. The number of methoxy groups -OCH3 is 1. The zero-order valence-electron chi connectivity index (χ0n) is 9.88. The summed E-state index contributed by atoms with van der Waals surface area (Å²) in [6.07, 6.45) is 1.65. The highest BCUT2D eigenvalue weighted by Crippen LogP contribution is 2.33. The fourth-order valence-corrected chi connectivity index (χ4v) is 2.37. The second-order valence-electron chi connectivity index (χ2n) is 3.55. The standard InChI is InChI=1S/C13H13N3OS/c1-17-10-4-2-3-5-11(10)18-12-8-9(13(14)15)6-7-16-12/h2-8H,1H3,(H3,14,15). The number of aromatic nitrogens is 1. The lowest BCUT2D eigenvalue weighted by Crippen LogP contribution is -2.10. The summed E-state index contributed by atoms with van der Waals surface area (Å²) in [6, 6.07) is 11.2. The zero-order chi connectivity index (χ0) is 13.0. The van der Waals surface area contributed by atoms with E-state index in [0.717, 1.165) is 15.7 Å². The Hall–Kier alpha value is -2.01. The minimum atomic E-state index is 0.0410. The Kier molecular flexibility index (Phi) is 3.84. The van der Waals surface area contributed by atoms with Crippen LogP contribution in [0.15, 0.2) is 52.5 Å². The molecule has 3 N–H and O–H groups in total. The fourth-order valence-electron chi connectivity index (χ4n) is 1.45. The molecule has 0 amide bonds. The van der Waals surface area contributed by atoms with E-state index in [9.17, 15) is 0 Å². The van der Waals surface area contributed by atoms with Gasteiger partial charge in [0.1, 0.15) is 16.6 Å². The van der Waals surface area contributed by atoms with E-state index in [2.05, 4.69) is 4.98 Å². The number of hydrogen-bond acceptors (Lipinski definition) is 4. The summed E-state index contributed by atoms with van der Waals surface area (Å²) in [4.78, 5) is 5.23. The van der Waals surface area contributed by atoms with Crippen molar-refractivity contribution in [2.75, 3.05) is 7.11 Å². The molecule has 0 spiro atoms. The van der Waals surface area contributed by atoms with Crippen LogP contribution in [-0.4, -0.2) is 17.9 Å². The van der Waals surface area contributed by atoms with Gasteiger partial charge in [-0.15, -0.1) is 0 Å². The van der Waals surface area contributed by atoms with E-state index >= 15 is 0 Å². The van der Waals surface area contributed by atoms with Gasteiger partial charge in [-0.2, -0.15) is 0 Å². The number of ether oxygens (including phenoxy) is 1. The third-order valence-corrected chi connectivity index (χ3v) is 3.32. The summed E-state index contributed by atoms with van der Waals surface area (Å²) < 4.78 is 5.28. The summed E-state index contributed by atoms with van der Waals surface area (Å²) in [5.41, 5.74) is 6.12. The molecule has 92 valence electrons. The van der Waals surface area contributed by atoms with E-state index in [4.69, 9.17) is 15.9 Å². The highest BCUT2D eigenvalue weighted by atomic mass is 32.2. The van der Waals surface area contributed by atoms with Crippen LogP contribution in [0, 0.1) is 5.41 Å². The lowest BCUT2D eigenvalue weighted by Gasteiger charge is -2.07. The quantitative estimate of drug-likeness (QED) is 0.653. The number of benzene rings is 1. The number of para-hydroxylation sites is 1. The van der Waals surface area contributed by atoms with Crippen LogP contribution in [0.5, 0.6) is 5.75 Å². The topological polar surface area (TPSA) is 72.0 Å². The number of nitrogens with one attached hydrogen (secondary N) is 1. The van der Waals surface area contributed by atoms with Gasteiger partial charge in [-0.05, 0) is 24.3 Å². The van der Waals surface area contributed by atoms with Gasteiger partial charge in [0.2, 0.25) is 0 Å². The van der Waals surface area contributed by atoms with Gasteiger partial charge in [0.25, 0.3) is 0 Å². The molecule has 1 heterocycles. The van der Waals surface area contributed by atoms with Crippen molar-refractivity contribution in [1.29, 1.82) is 5.41 Å². The van der Waals surface area contributed by atoms with Crippen LogP contribution in [0.1, 0.15) is 5.56 Å². The Labute approximate surface area is 110 Å². The Morgan fingerprint density at radius 3 is 2.83 bits per heavy atom. The van der Waals surface area contributed by atoms with E-state index in [1.807, 2.05) is 24.3 Å². The van der Waals surface area contributed by atoms with Gasteiger partial charge in [0.05, 0.1) is 12.0 Å². The third kappa shape index (κ3) is 2.81. The molecule has 0 bridgehead atoms. The lowest BCUT2D eigenvalue weighted by molar-refractivity contribution is 0.405. The molecule has 18 heavy (non-hydrogen) atoms. The maximum atomic E-state index is 7.41. The number of pyridine rings is 1. The number of rotatable bonds is 4. The summed E-state index contributed by atoms with van der Waals surface area (Å²) in [5, 5.41) is 8.19. The van der Waals surface area contributed by atoms with E-state index in [1.165, 1.54) is 11.8 Å². The molecule has 1 aromatic heterocycles. The van der Waals surface area contributed by atoms with Crippen molar-refractivity contribution >= 4 is 17.6 Å². The fraction of sp³-hybridized carbons (Fsp3) is 0.0769. The molecule has 2 aromatic rings. The summed E-state index contributed by atoms with van der Waals surface area (Å²) in [6.45, 7) is 0. The van der Waals surface area contributed by atoms with Crippen LogP contribution in [-0.2, 0) is 0 Å². The number of nitrogens with zero attached hydrogens (tertiary/aromatic N) is 1. The molecule has 0 saturated carbocycles. The minimum Gasteiger partial charge on any atom is -0.496 e. The Balaban J connectivity index is 2.28. The SMILES string of the molecule is COc1ccccc1Sc1cc(C(=N)N)ccn1. The maximum Gasteiger partial charge on any atom is 0.132 e. The number of amidine groups is 1. The molecule has 0 radical (unpaired) electrons. The average Bonchev–Trinajstić information content (AvgIpc) is 2.39. The van der Waals surface area contributed by atoms with E-state index in [-0.39, 0.29) is 5.84 Å². The van der Waals surface area contributed by atoms with Crippen molar-refractivity contribution in [2.24, 2.45) is 5.73 Å². The normalized spacial score (nSPS) is 10.1. The van der Waals surface area contributed by atoms with Crippen LogP contribution >= 0.6 is 11.8 Å². The van der Waals surface area contributed by atoms with E-state index in [0.29, 0.717) is 5.56 Å². The Morgan fingerprint density at radius 2 is 2.11 bits per heavy atom. The summed E-state index contributed by atoms with van der Waals surface area (Å²) >= 11 is 1.48.